The Balaban J connectivity index is 2.23. The first-order valence-corrected chi connectivity index (χ1v) is 7.46. The Labute approximate surface area is 131 Å². The normalized spacial score (nSPS) is 11.0. The van der Waals surface area contributed by atoms with E-state index in [4.69, 9.17) is 16.3 Å². The van der Waals surface area contributed by atoms with Gasteiger partial charge >= 0.3 is 0 Å². The van der Waals surface area contributed by atoms with Crippen LogP contribution in [0.4, 0.5) is 0 Å². The lowest BCUT2D eigenvalue weighted by Crippen LogP contribution is -2.22. The van der Waals surface area contributed by atoms with E-state index in [2.05, 4.69) is 24.1 Å². The number of rotatable bonds is 5. The average molecular weight is 305 g/mol. The molecule has 0 spiro atoms. The standard InChI is InChI=1S/C17H21ClN2O/c1-11(2)20-9-14-5-6-19-10-16(14)21-15-7-12(3)17(18)13(4)8-15/h5-8,10-11,20H,9H2,1-4H3. The number of nitrogens with zero attached hydrogens (tertiary/aromatic N) is 1. The smallest absolute Gasteiger partial charge is 0.150 e. The number of aromatic nitrogens is 1. The highest BCUT2D eigenvalue weighted by molar-refractivity contribution is 6.32. The fraction of sp³-hybridized carbons (Fsp3) is 0.353. The summed E-state index contributed by atoms with van der Waals surface area (Å²) < 4.78 is 6.00. The number of pyridine rings is 1. The third-order valence-electron chi connectivity index (χ3n) is 3.21. The van der Waals surface area contributed by atoms with Gasteiger partial charge in [0.2, 0.25) is 0 Å². The minimum atomic E-state index is 0.422. The Hall–Kier alpha value is -1.58. The molecule has 3 nitrogen and oxygen atoms in total. The van der Waals surface area contributed by atoms with Crippen LogP contribution >= 0.6 is 11.6 Å². The Bertz CT molecular complexity index is 603. The van der Waals surface area contributed by atoms with Crippen LogP contribution in [0.25, 0.3) is 0 Å². The molecule has 112 valence electrons. The molecule has 0 unspecified atom stereocenters. The van der Waals surface area contributed by atoms with Crippen molar-refractivity contribution in [3.05, 3.63) is 52.3 Å². The van der Waals surface area contributed by atoms with E-state index < -0.39 is 0 Å². The fourth-order valence-electron chi connectivity index (χ4n) is 2.05. The van der Waals surface area contributed by atoms with E-state index in [1.165, 1.54) is 0 Å². The zero-order valence-electron chi connectivity index (χ0n) is 12.9. The molecule has 0 saturated carbocycles. The van der Waals surface area contributed by atoms with Gasteiger partial charge in [-0.15, -0.1) is 0 Å². The first-order valence-electron chi connectivity index (χ1n) is 7.08. The van der Waals surface area contributed by atoms with Crippen LogP contribution < -0.4 is 10.1 Å². The Morgan fingerprint density at radius 2 is 1.90 bits per heavy atom. The van der Waals surface area contributed by atoms with Gasteiger partial charge in [-0.25, -0.2) is 0 Å². The van der Waals surface area contributed by atoms with Gasteiger partial charge in [-0.2, -0.15) is 0 Å². The molecular weight excluding hydrogens is 284 g/mol. The molecule has 4 heteroatoms. The van der Waals surface area contributed by atoms with Crippen LogP contribution in [0.15, 0.2) is 30.6 Å². The second kappa shape index (κ2) is 6.92. The molecule has 0 aliphatic carbocycles. The van der Waals surface area contributed by atoms with Gasteiger partial charge in [-0.3, -0.25) is 4.98 Å². The lowest BCUT2D eigenvalue weighted by Gasteiger charge is -2.14. The quantitative estimate of drug-likeness (QED) is 0.873. The number of hydrogen-bond acceptors (Lipinski definition) is 3. The van der Waals surface area contributed by atoms with Crippen LogP contribution in [-0.2, 0) is 6.54 Å². The molecule has 21 heavy (non-hydrogen) atoms. The molecule has 0 aliphatic rings. The van der Waals surface area contributed by atoms with E-state index in [0.717, 1.165) is 39.8 Å². The first-order chi connectivity index (χ1) is 9.97. The molecule has 2 aromatic rings. The van der Waals surface area contributed by atoms with E-state index in [9.17, 15) is 0 Å². The Morgan fingerprint density at radius 1 is 1.24 bits per heavy atom. The minimum Gasteiger partial charge on any atom is -0.455 e. The van der Waals surface area contributed by atoms with Gasteiger partial charge in [0, 0.05) is 29.4 Å². The zero-order chi connectivity index (χ0) is 15.4. The van der Waals surface area contributed by atoms with Crippen molar-refractivity contribution in [1.29, 1.82) is 0 Å². The number of hydrogen-bond donors (Lipinski definition) is 1. The Kier molecular flexibility index (Phi) is 5.21. The molecule has 0 radical (unpaired) electrons. The van der Waals surface area contributed by atoms with Gasteiger partial charge in [0.15, 0.2) is 0 Å². The van der Waals surface area contributed by atoms with E-state index in [-0.39, 0.29) is 0 Å². The molecule has 0 saturated heterocycles. The molecule has 1 aromatic carbocycles. The second-order valence-electron chi connectivity index (χ2n) is 5.49. The van der Waals surface area contributed by atoms with Crippen molar-refractivity contribution in [3.8, 4) is 11.5 Å². The third kappa shape index (κ3) is 4.19. The number of benzene rings is 1. The summed E-state index contributed by atoms with van der Waals surface area (Å²) in [4.78, 5) is 4.15. The van der Waals surface area contributed by atoms with Crippen molar-refractivity contribution in [1.82, 2.24) is 10.3 Å². The highest BCUT2D eigenvalue weighted by Gasteiger charge is 2.08. The summed E-state index contributed by atoms with van der Waals surface area (Å²) in [5.74, 6) is 1.56. The highest BCUT2D eigenvalue weighted by atomic mass is 35.5. The lowest BCUT2D eigenvalue weighted by molar-refractivity contribution is 0.466. The molecule has 1 aromatic heterocycles. The molecule has 2 rings (SSSR count). The van der Waals surface area contributed by atoms with Crippen molar-refractivity contribution in [2.45, 2.75) is 40.3 Å². The summed E-state index contributed by atoms with van der Waals surface area (Å²) in [6.45, 7) is 8.95. The number of ether oxygens (including phenoxy) is 1. The van der Waals surface area contributed by atoms with Crippen LogP contribution in [0.3, 0.4) is 0 Å². The van der Waals surface area contributed by atoms with Gasteiger partial charge in [0.05, 0.1) is 6.20 Å². The maximum Gasteiger partial charge on any atom is 0.150 e. The largest absolute Gasteiger partial charge is 0.455 e. The zero-order valence-corrected chi connectivity index (χ0v) is 13.7. The predicted molar refractivity (Wildman–Crippen MR) is 87.2 cm³/mol. The predicted octanol–water partition coefficient (Wildman–Crippen LogP) is 4.64. The van der Waals surface area contributed by atoms with Crippen LogP contribution in [0.1, 0.15) is 30.5 Å². The summed E-state index contributed by atoms with van der Waals surface area (Å²) in [6.07, 6.45) is 3.53. The first kappa shape index (κ1) is 15.8. The van der Waals surface area contributed by atoms with Crippen molar-refractivity contribution in [3.63, 3.8) is 0 Å². The van der Waals surface area contributed by atoms with Crippen LogP contribution in [0.2, 0.25) is 5.02 Å². The van der Waals surface area contributed by atoms with Crippen LogP contribution in [0, 0.1) is 13.8 Å². The molecule has 0 fully saturated rings. The maximum absolute atomic E-state index is 6.19. The fourth-order valence-corrected chi connectivity index (χ4v) is 2.16. The lowest BCUT2D eigenvalue weighted by atomic mass is 10.1. The van der Waals surface area contributed by atoms with Gasteiger partial charge < -0.3 is 10.1 Å². The van der Waals surface area contributed by atoms with Crippen molar-refractivity contribution in [2.24, 2.45) is 0 Å². The maximum atomic E-state index is 6.19. The van der Waals surface area contributed by atoms with Crippen LogP contribution in [-0.4, -0.2) is 11.0 Å². The van der Waals surface area contributed by atoms with E-state index >= 15 is 0 Å². The van der Waals surface area contributed by atoms with E-state index in [0.29, 0.717) is 6.04 Å². The van der Waals surface area contributed by atoms with Crippen molar-refractivity contribution >= 4 is 11.6 Å². The summed E-state index contributed by atoms with van der Waals surface area (Å²) in [5, 5.41) is 4.18. The minimum absolute atomic E-state index is 0.422. The average Bonchev–Trinajstić information content (AvgIpc) is 2.43. The van der Waals surface area contributed by atoms with E-state index in [1.807, 2.05) is 32.0 Å². The van der Waals surface area contributed by atoms with Crippen molar-refractivity contribution < 1.29 is 4.74 Å². The summed E-state index contributed by atoms with van der Waals surface area (Å²) in [6, 6.07) is 6.29. The molecule has 0 atom stereocenters. The molecule has 1 N–H and O–H groups in total. The van der Waals surface area contributed by atoms with Crippen LogP contribution in [0.5, 0.6) is 11.5 Å². The topological polar surface area (TPSA) is 34.1 Å². The monoisotopic (exact) mass is 304 g/mol. The highest BCUT2D eigenvalue weighted by Crippen LogP contribution is 2.30. The Morgan fingerprint density at radius 3 is 2.52 bits per heavy atom. The summed E-state index contributed by atoms with van der Waals surface area (Å²) in [5.41, 5.74) is 3.11. The molecule has 0 amide bonds. The molecule has 1 heterocycles. The summed E-state index contributed by atoms with van der Waals surface area (Å²) in [7, 11) is 0. The van der Waals surface area contributed by atoms with Gasteiger partial charge in [-0.05, 0) is 43.2 Å². The number of nitrogens with one attached hydrogen (secondary N) is 1. The van der Waals surface area contributed by atoms with Gasteiger partial charge in [-0.1, -0.05) is 25.4 Å². The SMILES string of the molecule is Cc1cc(Oc2cnccc2CNC(C)C)cc(C)c1Cl. The van der Waals surface area contributed by atoms with Crippen molar-refractivity contribution in [2.75, 3.05) is 0 Å². The number of halogens is 1. The third-order valence-corrected chi connectivity index (χ3v) is 3.80. The molecule has 0 aliphatic heterocycles. The molecular formula is C17H21ClN2O. The van der Waals surface area contributed by atoms with E-state index in [1.54, 1.807) is 12.4 Å². The number of aryl methyl sites for hydroxylation is 2. The van der Waals surface area contributed by atoms with Gasteiger partial charge in [0.1, 0.15) is 11.5 Å². The summed E-state index contributed by atoms with van der Waals surface area (Å²) >= 11 is 6.19. The molecule has 0 bridgehead atoms. The van der Waals surface area contributed by atoms with Gasteiger partial charge in [0.25, 0.3) is 0 Å². The second-order valence-corrected chi connectivity index (χ2v) is 5.87.